The third kappa shape index (κ3) is 2.44. The molecule has 0 unspecified atom stereocenters. The van der Waals surface area contributed by atoms with Gasteiger partial charge in [-0.1, -0.05) is 0 Å². The van der Waals surface area contributed by atoms with Crippen LogP contribution in [0.25, 0.3) is 0 Å². The number of hydrogen-bond donors (Lipinski definition) is 2. The number of carbonyl (C=O) groups excluding carboxylic acids is 2. The largest absolute Gasteiger partial charge is 0.369 e. The molecule has 1 aliphatic rings. The second-order valence-electron chi connectivity index (χ2n) is 3.50. The summed E-state index contributed by atoms with van der Waals surface area (Å²) in [4.78, 5) is 22.2. The Balaban J connectivity index is 2.40. The molecule has 0 spiro atoms. The number of rotatable bonds is 3. The number of hydrogen-bond acceptors (Lipinski definition) is 2. The van der Waals surface area contributed by atoms with Gasteiger partial charge >= 0.3 is 0 Å². The van der Waals surface area contributed by atoms with Gasteiger partial charge in [0.25, 0.3) is 0 Å². The van der Waals surface area contributed by atoms with Gasteiger partial charge in [0.05, 0.1) is 0 Å². The summed E-state index contributed by atoms with van der Waals surface area (Å²) in [6.45, 7) is 2.54. The molecule has 4 nitrogen and oxygen atoms in total. The summed E-state index contributed by atoms with van der Waals surface area (Å²) in [5, 5.41) is 2.76. The van der Waals surface area contributed by atoms with Crippen molar-refractivity contribution in [2.75, 3.05) is 6.54 Å². The summed E-state index contributed by atoms with van der Waals surface area (Å²) in [7, 11) is 0. The second-order valence-corrected chi connectivity index (χ2v) is 3.50. The normalized spacial score (nSPS) is 27.2. The molecule has 2 atom stereocenters. The zero-order valence-electron chi connectivity index (χ0n) is 7.88. The minimum Gasteiger partial charge on any atom is -0.369 e. The fourth-order valence-corrected chi connectivity index (χ4v) is 1.80. The van der Waals surface area contributed by atoms with Crippen molar-refractivity contribution >= 4 is 11.8 Å². The maximum atomic E-state index is 11.4. The molecule has 0 aromatic heterocycles. The molecule has 3 N–H and O–H groups in total. The number of carbonyl (C=O) groups is 2. The minimum atomic E-state index is -0.271. The highest BCUT2D eigenvalue weighted by atomic mass is 16.2. The quantitative estimate of drug-likeness (QED) is 0.649. The van der Waals surface area contributed by atoms with Crippen LogP contribution in [0.4, 0.5) is 0 Å². The van der Waals surface area contributed by atoms with Crippen molar-refractivity contribution in [1.82, 2.24) is 5.32 Å². The molecule has 0 aromatic rings. The van der Waals surface area contributed by atoms with Gasteiger partial charge in [-0.25, -0.2) is 0 Å². The van der Waals surface area contributed by atoms with Crippen LogP contribution >= 0.6 is 0 Å². The molecule has 1 aliphatic carbocycles. The van der Waals surface area contributed by atoms with E-state index in [0.717, 1.165) is 12.8 Å². The van der Waals surface area contributed by atoms with E-state index in [2.05, 4.69) is 5.32 Å². The Morgan fingerprint density at radius 3 is 2.46 bits per heavy atom. The molecule has 2 amide bonds. The van der Waals surface area contributed by atoms with Crippen LogP contribution in [0.2, 0.25) is 0 Å². The Kier molecular flexibility index (Phi) is 3.28. The van der Waals surface area contributed by atoms with Crippen molar-refractivity contribution in [2.45, 2.75) is 26.2 Å². The lowest BCUT2D eigenvalue weighted by atomic mass is 10.0. The van der Waals surface area contributed by atoms with Crippen LogP contribution < -0.4 is 11.1 Å². The Morgan fingerprint density at radius 1 is 1.38 bits per heavy atom. The highest BCUT2D eigenvalue weighted by Gasteiger charge is 2.32. The van der Waals surface area contributed by atoms with E-state index in [1.165, 1.54) is 0 Å². The third-order valence-electron chi connectivity index (χ3n) is 2.56. The van der Waals surface area contributed by atoms with Gasteiger partial charge in [-0.05, 0) is 26.2 Å². The van der Waals surface area contributed by atoms with Gasteiger partial charge < -0.3 is 11.1 Å². The van der Waals surface area contributed by atoms with Gasteiger partial charge in [-0.2, -0.15) is 0 Å². The second kappa shape index (κ2) is 4.25. The van der Waals surface area contributed by atoms with Crippen molar-refractivity contribution in [3.05, 3.63) is 0 Å². The summed E-state index contributed by atoms with van der Waals surface area (Å²) >= 11 is 0. The fraction of sp³-hybridized carbons (Fsp3) is 0.778. The van der Waals surface area contributed by atoms with Crippen molar-refractivity contribution in [1.29, 1.82) is 0 Å². The van der Waals surface area contributed by atoms with Crippen LogP contribution in [0.15, 0.2) is 0 Å². The monoisotopic (exact) mass is 184 g/mol. The Labute approximate surface area is 77.9 Å². The molecule has 1 rings (SSSR count). The van der Waals surface area contributed by atoms with E-state index < -0.39 is 0 Å². The maximum Gasteiger partial charge on any atom is 0.223 e. The van der Waals surface area contributed by atoms with E-state index in [1.807, 2.05) is 6.92 Å². The number of amides is 2. The van der Waals surface area contributed by atoms with E-state index in [0.29, 0.717) is 13.0 Å². The first-order valence-corrected chi connectivity index (χ1v) is 4.72. The molecule has 0 heterocycles. The third-order valence-corrected chi connectivity index (χ3v) is 2.56. The molecule has 13 heavy (non-hydrogen) atoms. The van der Waals surface area contributed by atoms with E-state index in [9.17, 15) is 9.59 Å². The summed E-state index contributed by atoms with van der Waals surface area (Å²) in [5.41, 5.74) is 5.16. The van der Waals surface area contributed by atoms with Crippen LogP contribution in [-0.2, 0) is 9.59 Å². The van der Waals surface area contributed by atoms with Crippen LogP contribution in [-0.4, -0.2) is 18.4 Å². The molecular formula is C9H16N2O2. The number of nitrogens with two attached hydrogens (primary N) is 1. The first-order valence-electron chi connectivity index (χ1n) is 4.72. The fourth-order valence-electron chi connectivity index (χ4n) is 1.80. The average molecular weight is 184 g/mol. The van der Waals surface area contributed by atoms with E-state index in [1.54, 1.807) is 0 Å². The lowest BCUT2D eigenvalue weighted by molar-refractivity contribution is -0.125. The van der Waals surface area contributed by atoms with Crippen LogP contribution in [0.1, 0.15) is 26.2 Å². The molecule has 4 heteroatoms. The SMILES string of the molecule is CCNC(=O)[C@H]1CC[C@@H](C(N)=O)C1. The van der Waals surface area contributed by atoms with Gasteiger partial charge in [0.2, 0.25) is 11.8 Å². The number of primary amides is 1. The van der Waals surface area contributed by atoms with E-state index in [4.69, 9.17) is 5.73 Å². The van der Waals surface area contributed by atoms with Crippen molar-refractivity contribution in [3.63, 3.8) is 0 Å². The molecule has 1 saturated carbocycles. The predicted octanol–water partition coefficient (Wildman–Crippen LogP) is 0.0241. The van der Waals surface area contributed by atoms with Crippen molar-refractivity contribution < 1.29 is 9.59 Å². The van der Waals surface area contributed by atoms with Crippen molar-refractivity contribution in [3.8, 4) is 0 Å². The molecule has 1 fully saturated rings. The first-order chi connectivity index (χ1) is 6.15. The predicted molar refractivity (Wildman–Crippen MR) is 48.7 cm³/mol. The standard InChI is InChI=1S/C9H16N2O2/c1-2-11-9(13)7-4-3-6(5-7)8(10)12/h6-7H,2-5H2,1H3,(H2,10,12)(H,11,13)/t6-,7+/m1/s1. The molecule has 0 aromatic carbocycles. The summed E-state index contributed by atoms with van der Waals surface area (Å²) in [5.74, 6) is -0.303. The lowest BCUT2D eigenvalue weighted by Gasteiger charge is -2.08. The Bertz CT molecular complexity index is 216. The zero-order valence-corrected chi connectivity index (χ0v) is 7.88. The minimum absolute atomic E-state index is 0.00236. The Morgan fingerprint density at radius 2 is 2.00 bits per heavy atom. The topological polar surface area (TPSA) is 72.2 Å². The van der Waals surface area contributed by atoms with Gasteiger partial charge in [0.15, 0.2) is 0 Å². The number of nitrogens with one attached hydrogen (secondary N) is 1. The summed E-state index contributed by atoms with van der Waals surface area (Å²) in [6.07, 6.45) is 2.18. The Hall–Kier alpha value is -1.06. The molecule has 0 saturated heterocycles. The highest BCUT2D eigenvalue weighted by Crippen LogP contribution is 2.30. The summed E-state index contributed by atoms with van der Waals surface area (Å²) < 4.78 is 0. The molecule has 0 radical (unpaired) electrons. The molecule has 0 bridgehead atoms. The molecule has 74 valence electrons. The van der Waals surface area contributed by atoms with Gasteiger partial charge in [0.1, 0.15) is 0 Å². The van der Waals surface area contributed by atoms with Crippen molar-refractivity contribution in [2.24, 2.45) is 17.6 Å². The zero-order chi connectivity index (χ0) is 9.84. The highest BCUT2D eigenvalue weighted by molar-refractivity contribution is 5.82. The van der Waals surface area contributed by atoms with E-state index in [-0.39, 0.29) is 23.7 Å². The van der Waals surface area contributed by atoms with Gasteiger partial charge in [-0.15, -0.1) is 0 Å². The average Bonchev–Trinajstić information content (AvgIpc) is 2.52. The molecule has 0 aliphatic heterocycles. The smallest absolute Gasteiger partial charge is 0.223 e. The summed E-state index contributed by atoms with van der Waals surface area (Å²) in [6, 6.07) is 0. The van der Waals surface area contributed by atoms with Crippen LogP contribution in [0, 0.1) is 11.8 Å². The van der Waals surface area contributed by atoms with Gasteiger partial charge in [0, 0.05) is 18.4 Å². The maximum absolute atomic E-state index is 11.4. The van der Waals surface area contributed by atoms with E-state index >= 15 is 0 Å². The molecular weight excluding hydrogens is 168 g/mol. The van der Waals surface area contributed by atoms with Crippen LogP contribution in [0.5, 0.6) is 0 Å². The van der Waals surface area contributed by atoms with Gasteiger partial charge in [-0.3, -0.25) is 9.59 Å². The lowest BCUT2D eigenvalue weighted by Crippen LogP contribution is -2.30. The van der Waals surface area contributed by atoms with Crippen LogP contribution in [0.3, 0.4) is 0 Å². The first kappa shape index (κ1) is 10.0.